The SMILES string of the molecule is Cc1cc(C)c(OCCC(=O)C2CCCN2)cc1C. The first-order valence-electron chi connectivity index (χ1n) is 7.04. The van der Waals surface area contributed by atoms with Crippen LogP contribution in [0.25, 0.3) is 0 Å². The first-order chi connectivity index (χ1) is 9.08. The van der Waals surface area contributed by atoms with E-state index in [4.69, 9.17) is 4.74 Å². The van der Waals surface area contributed by atoms with Crippen LogP contribution < -0.4 is 10.1 Å². The van der Waals surface area contributed by atoms with Crippen LogP contribution in [-0.4, -0.2) is 25.0 Å². The van der Waals surface area contributed by atoms with Crippen LogP contribution in [0.3, 0.4) is 0 Å². The Labute approximate surface area is 115 Å². The van der Waals surface area contributed by atoms with Crippen LogP contribution >= 0.6 is 0 Å². The molecular formula is C16H23NO2. The van der Waals surface area contributed by atoms with Crippen molar-refractivity contribution in [1.82, 2.24) is 5.32 Å². The number of rotatable bonds is 5. The third-order valence-electron chi connectivity index (χ3n) is 3.85. The number of hydrogen-bond donors (Lipinski definition) is 1. The molecule has 1 atom stereocenters. The van der Waals surface area contributed by atoms with E-state index in [1.807, 2.05) is 6.92 Å². The highest BCUT2D eigenvalue weighted by molar-refractivity contribution is 5.84. The van der Waals surface area contributed by atoms with Gasteiger partial charge in [0, 0.05) is 6.42 Å². The van der Waals surface area contributed by atoms with Gasteiger partial charge in [0.05, 0.1) is 12.6 Å². The molecule has 3 heteroatoms. The standard InChI is InChI=1S/C16H23NO2/c1-11-9-13(3)16(10-12(11)2)19-8-6-15(18)14-5-4-7-17-14/h9-10,14,17H,4-8H2,1-3H3. The molecule has 0 aliphatic carbocycles. The summed E-state index contributed by atoms with van der Waals surface area (Å²) in [5.74, 6) is 1.18. The molecule has 0 saturated carbocycles. The van der Waals surface area contributed by atoms with Gasteiger partial charge in [0.25, 0.3) is 0 Å². The lowest BCUT2D eigenvalue weighted by molar-refractivity contribution is -0.121. The first-order valence-corrected chi connectivity index (χ1v) is 7.04. The lowest BCUT2D eigenvalue weighted by Gasteiger charge is -2.13. The Morgan fingerprint density at radius 3 is 2.68 bits per heavy atom. The molecule has 1 aliphatic heterocycles. The topological polar surface area (TPSA) is 38.3 Å². The molecule has 3 nitrogen and oxygen atoms in total. The lowest BCUT2D eigenvalue weighted by atomic mass is 10.1. The molecule has 1 fully saturated rings. The van der Waals surface area contributed by atoms with Crippen molar-refractivity contribution in [2.45, 2.75) is 46.1 Å². The van der Waals surface area contributed by atoms with Crippen molar-refractivity contribution in [3.63, 3.8) is 0 Å². The van der Waals surface area contributed by atoms with Crippen molar-refractivity contribution in [2.24, 2.45) is 0 Å². The number of hydrogen-bond acceptors (Lipinski definition) is 3. The van der Waals surface area contributed by atoms with E-state index in [-0.39, 0.29) is 11.8 Å². The maximum absolute atomic E-state index is 11.9. The third kappa shape index (κ3) is 3.57. The lowest BCUT2D eigenvalue weighted by Crippen LogP contribution is -2.31. The maximum atomic E-state index is 11.9. The van der Waals surface area contributed by atoms with Gasteiger partial charge in [-0.3, -0.25) is 4.79 Å². The molecule has 0 spiro atoms. The summed E-state index contributed by atoms with van der Waals surface area (Å²) in [6.07, 6.45) is 2.57. The minimum absolute atomic E-state index is 0.0597. The third-order valence-corrected chi connectivity index (χ3v) is 3.85. The van der Waals surface area contributed by atoms with Crippen LogP contribution in [0.5, 0.6) is 5.75 Å². The zero-order valence-corrected chi connectivity index (χ0v) is 12.1. The summed E-state index contributed by atoms with van der Waals surface area (Å²) in [5, 5.41) is 3.23. The summed E-state index contributed by atoms with van der Waals surface area (Å²) in [6.45, 7) is 7.66. The molecule has 1 unspecified atom stereocenters. The van der Waals surface area contributed by atoms with Crippen molar-refractivity contribution in [1.29, 1.82) is 0 Å². The van der Waals surface area contributed by atoms with Gasteiger partial charge >= 0.3 is 0 Å². The Balaban J connectivity index is 1.85. The molecule has 0 amide bonds. The second-order valence-electron chi connectivity index (χ2n) is 5.42. The number of nitrogens with one attached hydrogen (secondary N) is 1. The van der Waals surface area contributed by atoms with Crippen LogP contribution in [0.1, 0.15) is 36.0 Å². The number of ether oxygens (including phenoxy) is 1. The zero-order valence-electron chi connectivity index (χ0n) is 12.1. The van der Waals surface area contributed by atoms with Crippen molar-refractivity contribution in [3.8, 4) is 5.75 Å². The van der Waals surface area contributed by atoms with Gasteiger partial charge in [0.1, 0.15) is 5.75 Å². The highest BCUT2D eigenvalue weighted by Gasteiger charge is 2.21. The molecular weight excluding hydrogens is 238 g/mol. The predicted octanol–water partition coefficient (Wildman–Crippen LogP) is 2.70. The van der Waals surface area contributed by atoms with Crippen LogP contribution in [0.4, 0.5) is 0 Å². The summed E-state index contributed by atoms with van der Waals surface area (Å²) in [4.78, 5) is 11.9. The van der Waals surface area contributed by atoms with Gasteiger partial charge in [0.2, 0.25) is 0 Å². The predicted molar refractivity (Wildman–Crippen MR) is 76.8 cm³/mol. The summed E-state index contributed by atoms with van der Waals surface area (Å²) in [5.41, 5.74) is 3.63. The number of Topliss-reactive ketones (excluding diaryl/α,β-unsaturated/α-hetero) is 1. The van der Waals surface area contributed by atoms with E-state index in [0.717, 1.165) is 30.7 Å². The largest absolute Gasteiger partial charge is 0.493 e. The fourth-order valence-electron chi connectivity index (χ4n) is 2.48. The summed E-state index contributed by atoms with van der Waals surface area (Å²) in [6, 6.07) is 4.25. The second kappa shape index (κ2) is 6.20. The van der Waals surface area contributed by atoms with Gasteiger partial charge in [-0.25, -0.2) is 0 Å². The molecule has 0 radical (unpaired) electrons. The summed E-state index contributed by atoms with van der Waals surface area (Å²) >= 11 is 0. The van der Waals surface area contributed by atoms with E-state index in [0.29, 0.717) is 13.0 Å². The maximum Gasteiger partial charge on any atom is 0.153 e. The number of ketones is 1. The molecule has 1 aromatic rings. The van der Waals surface area contributed by atoms with Gasteiger partial charge in [-0.15, -0.1) is 0 Å². The van der Waals surface area contributed by atoms with E-state index >= 15 is 0 Å². The van der Waals surface area contributed by atoms with Crippen LogP contribution in [0.15, 0.2) is 12.1 Å². The van der Waals surface area contributed by atoms with Crippen molar-refractivity contribution in [2.75, 3.05) is 13.2 Å². The van der Waals surface area contributed by atoms with E-state index in [9.17, 15) is 4.79 Å². The molecule has 1 aliphatic rings. The monoisotopic (exact) mass is 261 g/mol. The quantitative estimate of drug-likeness (QED) is 0.885. The fraction of sp³-hybridized carbons (Fsp3) is 0.562. The first kappa shape index (κ1) is 14.1. The highest BCUT2D eigenvalue weighted by Crippen LogP contribution is 2.22. The van der Waals surface area contributed by atoms with Gasteiger partial charge in [-0.1, -0.05) is 6.07 Å². The Hall–Kier alpha value is -1.35. The zero-order chi connectivity index (χ0) is 13.8. The summed E-state index contributed by atoms with van der Waals surface area (Å²) < 4.78 is 5.75. The van der Waals surface area contributed by atoms with Gasteiger partial charge in [0.15, 0.2) is 5.78 Å². The molecule has 1 heterocycles. The van der Waals surface area contributed by atoms with E-state index in [2.05, 4.69) is 31.3 Å². The Bertz CT molecular complexity index is 462. The molecule has 19 heavy (non-hydrogen) atoms. The Morgan fingerprint density at radius 1 is 1.26 bits per heavy atom. The average molecular weight is 261 g/mol. The van der Waals surface area contributed by atoms with Crippen LogP contribution in [0.2, 0.25) is 0 Å². The number of carbonyl (C=O) groups is 1. The molecule has 104 valence electrons. The fourth-order valence-corrected chi connectivity index (χ4v) is 2.48. The second-order valence-corrected chi connectivity index (χ2v) is 5.42. The highest BCUT2D eigenvalue weighted by atomic mass is 16.5. The van der Waals surface area contributed by atoms with Crippen molar-refractivity contribution < 1.29 is 9.53 Å². The van der Waals surface area contributed by atoms with Gasteiger partial charge < -0.3 is 10.1 Å². The van der Waals surface area contributed by atoms with Crippen LogP contribution in [-0.2, 0) is 4.79 Å². The smallest absolute Gasteiger partial charge is 0.153 e. The minimum Gasteiger partial charge on any atom is -0.493 e. The van der Waals surface area contributed by atoms with Crippen LogP contribution in [0, 0.1) is 20.8 Å². The van der Waals surface area contributed by atoms with Gasteiger partial charge in [-0.05, 0) is 62.9 Å². The van der Waals surface area contributed by atoms with E-state index < -0.39 is 0 Å². The molecule has 1 N–H and O–H groups in total. The normalized spacial score (nSPS) is 18.6. The molecule has 2 rings (SSSR count). The van der Waals surface area contributed by atoms with E-state index in [1.54, 1.807) is 0 Å². The van der Waals surface area contributed by atoms with Crippen molar-refractivity contribution in [3.05, 3.63) is 28.8 Å². The van der Waals surface area contributed by atoms with Crippen molar-refractivity contribution >= 4 is 5.78 Å². The number of benzene rings is 1. The average Bonchev–Trinajstić information content (AvgIpc) is 2.89. The molecule has 0 aromatic heterocycles. The summed E-state index contributed by atoms with van der Waals surface area (Å²) in [7, 11) is 0. The molecule has 1 aromatic carbocycles. The molecule has 0 bridgehead atoms. The van der Waals surface area contributed by atoms with E-state index in [1.165, 1.54) is 11.1 Å². The Morgan fingerprint density at radius 2 is 2.00 bits per heavy atom. The Kier molecular flexibility index (Phi) is 4.59. The minimum atomic E-state index is 0.0597. The number of aryl methyl sites for hydroxylation is 3. The molecule has 1 saturated heterocycles. The number of carbonyl (C=O) groups excluding carboxylic acids is 1. The van der Waals surface area contributed by atoms with Gasteiger partial charge in [-0.2, -0.15) is 0 Å².